The molecule has 0 amide bonds. The number of phenolic OH excluding ortho intramolecular Hbond substituents is 1. The lowest BCUT2D eigenvalue weighted by Crippen LogP contribution is -1.94. The average molecular weight is 226 g/mol. The van der Waals surface area contributed by atoms with Crippen molar-refractivity contribution in [3.63, 3.8) is 0 Å². The Morgan fingerprint density at radius 2 is 2.00 bits per heavy atom. The summed E-state index contributed by atoms with van der Waals surface area (Å²) in [5, 5.41) is 11.5. The number of fused-ring (bicyclic) bond motifs is 1. The minimum Gasteiger partial charge on any atom is -0.507 e. The van der Waals surface area contributed by atoms with Gasteiger partial charge in [0.25, 0.3) is 0 Å². The van der Waals surface area contributed by atoms with Crippen LogP contribution < -0.4 is 0 Å². The number of benzene rings is 2. The monoisotopic (exact) mass is 226 g/mol. The zero-order valence-electron chi connectivity index (χ0n) is 9.23. The lowest BCUT2D eigenvalue weighted by atomic mass is 10.0. The van der Waals surface area contributed by atoms with E-state index < -0.39 is 5.97 Å². The quantitative estimate of drug-likeness (QED) is 0.552. The Kier molecular flexibility index (Phi) is 2.97. The first-order valence-electron chi connectivity index (χ1n) is 5.03. The second-order valence-electron chi connectivity index (χ2n) is 3.42. The number of methoxy groups -OCH3 is 1. The number of aromatic hydroxyl groups is 1. The van der Waals surface area contributed by atoms with Crippen molar-refractivity contribution in [1.82, 2.24) is 0 Å². The SMILES string of the molecule is COC(=O)C#Cc1c(O)ccc2ccccc12. The molecule has 0 spiro atoms. The van der Waals surface area contributed by atoms with Gasteiger partial charge in [0.15, 0.2) is 0 Å². The fourth-order valence-electron chi connectivity index (χ4n) is 1.56. The number of phenols is 1. The zero-order chi connectivity index (χ0) is 12.3. The molecule has 17 heavy (non-hydrogen) atoms. The summed E-state index contributed by atoms with van der Waals surface area (Å²) in [5.41, 5.74) is 0.438. The van der Waals surface area contributed by atoms with Gasteiger partial charge in [-0.2, -0.15) is 0 Å². The first-order valence-corrected chi connectivity index (χ1v) is 5.03. The minimum absolute atomic E-state index is 0.0557. The standard InChI is InChI=1S/C14H10O3/c1-17-14(16)9-7-12-11-5-3-2-4-10(11)6-8-13(12)15/h2-6,8,15H,1H3. The summed E-state index contributed by atoms with van der Waals surface area (Å²) >= 11 is 0. The number of hydrogen-bond donors (Lipinski definition) is 1. The molecule has 2 aromatic rings. The Morgan fingerprint density at radius 1 is 1.24 bits per heavy atom. The van der Waals surface area contributed by atoms with Gasteiger partial charge in [-0.3, -0.25) is 0 Å². The van der Waals surface area contributed by atoms with Crippen molar-refractivity contribution in [2.45, 2.75) is 0 Å². The van der Waals surface area contributed by atoms with Crippen molar-refractivity contribution in [2.24, 2.45) is 0 Å². The van der Waals surface area contributed by atoms with E-state index in [0.717, 1.165) is 10.8 Å². The molecule has 0 radical (unpaired) electrons. The highest BCUT2D eigenvalue weighted by Crippen LogP contribution is 2.25. The number of carbonyl (C=O) groups is 1. The van der Waals surface area contributed by atoms with E-state index in [1.165, 1.54) is 7.11 Å². The van der Waals surface area contributed by atoms with Gasteiger partial charge < -0.3 is 9.84 Å². The summed E-state index contributed by atoms with van der Waals surface area (Å²) in [6.45, 7) is 0. The molecule has 0 unspecified atom stereocenters. The molecule has 0 aromatic heterocycles. The highest BCUT2D eigenvalue weighted by molar-refractivity contribution is 5.94. The van der Waals surface area contributed by atoms with E-state index in [1.807, 2.05) is 24.3 Å². The van der Waals surface area contributed by atoms with Crippen LogP contribution >= 0.6 is 0 Å². The van der Waals surface area contributed by atoms with Crippen molar-refractivity contribution in [1.29, 1.82) is 0 Å². The maximum Gasteiger partial charge on any atom is 0.384 e. The third kappa shape index (κ3) is 2.21. The van der Waals surface area contributed by atoms with Gasteiger partial charge in [-0.05, 0) is 11.5 Å². The van der Waals surface area contributed by atoms with Crippen LogP contribution in [0.5, 0.6) is 5.75 Å². The fourth-order valence-corrected chi connectivity index (χ4v) is 1.56. The van der Waals surface area contributed by atoms with Gasteiger partial charge >= 0.3 is 5.97 Å². The molecule has 2 aromatic carbocycles. The van der Waals surface area contributed by atoms with Crippen LogP contribution in [0.1, 0.15) is 5.56 Å². The summed E-state index contributed by atoms with van der Waals surface area (Å²) < 4.78 is 4.43. The van der Waals surface area contributed by atoms with Gasteiger partial charge in [-0.1, -0.05) is 36.3 Å². The van der Waals surface area contributed by atoms with Gasteiger partial charge in [-0.15, -0.1) is 0 Å². The molecular weight excluding hydrogens is 216 g/mol. The minimum atomic E-state index is -0.627. The molecule has 0 aliphatic heterocycles. The van der Waals surface area contributed by atoms with Crippen molar-refractivity contribution < 1.29 is 14.6 Å². The van der Waals surface area contributed by atoms with Crippen molar-refractivity contribution >= 4 is 16.7 Å². The second kappa shape index (κ2) is 4.58. The number of esters is 1. The predicted molar refractivity (Wildman–Crippen MR) is 64.5 cm³/mol. The van der Waals surface area contributed by atoms with E-state index in [-0.39, 0.29) is 5.75 Å². The van der Waals surface area contributed by atoms with Crippen LogP contribution in [0.25, 0.3) is 10.8 Å². The molecule has 0 heterocycles. The van der Waals surface area contributed by atoms with Gasteiger partial charge in [0, 0.05) is 11.3 Å². The Hall–Kier alpha value is -2.47. The highest BCUT2D eigenvalue weighted by atomic mass is 16.5. The van der Waals surface area contributed by atoms with E-state index in [1.54, 1.807) is 12.1 Å². The summed E-state index contributed by atoms with van der Waals surface area (Å²) in [7, 11) is 1.26. The molecular formula is C14H10O3. The van der Waals surface area contributed by atoms with Crippen LogP contribution in [0.4, 0.5) is 0 Å². The molecule has 0 saturated carbocycles. The Balaban J connectivity index is 2.62. The summed E-state index contributed by atoms with van der Waals surface area (Å²) in [6, 6.07) is 10.9. The first-order chi connectivity index (χ1) is 8.22. The number of rotatable bonds is 0. The third-order valence-electron chi connectivity index (χ3n) is 2.38. The molecule has 0 fully saturated rings. The van der Waals surface area contributed by atoms with Gasteiger partial charge in [-0.25, -0.2) is 4.79 Å². The van der Waals surface area contributed by atoms with Gasteiger partial charge in [0.2, 0.25) is 0 Å². The molecule has 0 aliphatic rings. The molecule has 0 atom stereocenters. The molecule has 3 heteroatoms. The molecule has 0 bridgehead atoms. The number of ether oxygens (including phenoxy) is 1. The van der Waals surface area contributed by atoms with Crippen LogP contribution in [0.2, 0.25) is 0 Å². The molecule has 0 saturated heterocycles. The van der Waals surface area contributed by atoms with Crippen LogP contribution in [-0.2, 0) is 9.53 Å². The first kappa shape index (κ1) is 11.0. The van der Waals surface area contributed by atoms with Crippen molar-refractivity contribution in [3.05, 3.63) is 42.0 Å². The van der Waals surface area contributed by atoms with Crippen LogP contribution in [0, 0.1) is 11.8 Å². The van der Waals surface area contributed by atoms with Gasteiger partial charge in [0.1, 0.15) is 5.75 Å². The maximum atomic E-state index is 11.0. The van der Waals surface area contributed by atoms with Crippen LogP contribution in [-0.4, -0.2) is 18.2 Å². The van der Waals surface area contributed by atoms with Crippen LogP contribution in [0.15, 0.2) is 36.4 Å². The normalized spacial score (nSPS) is 9.47. The molecule has 0 aliphatic carbocycles. The fraction of sp³-hybridized carbons (Fsp3) is 0.0714. The van der Waals surface area contributed by atoms with E-state index in [0.29, 0.717) is 5.56 Å². The highest BCUT2D eigenvalue weighted by Gasteiger charge is 2.04. The van der Waals surface area contributed by atoms with E-state index in [9.17, 15) is 9.90 Å². The van der Waals surface area contributed by atoms with E-state index >= 15 is 0 Å². The Bertz CT molecular complexity index is 633. The van der Waals surface area contributed by atoms with Crippen LogP contribution in [0.3, 0.4) is 0 Å². The average Bonchev–Trinajstić information content (AvgIpc) is 2.37. The molecule has 1 N–H and O–H groups in total. The maximum absolute atomic E-state index is 11.0. The van der Waals surface area contributed by atoms with Crippen molar-refractivity contribution in [2.75, 3.05) is 7.11 Å². The summed E-state index contributed by atoms with van der Waals surface area (Å²) in [5.74, 6) is 4.37. The predicted octanol–water partition coefficient (Wildman–Crippen LogP) is 2.07. The second-order valence-corrected chi connectivity index (χ2v) is 3.42. The van der Waals surface area contributed by atoms with Gasteiger partial charge in [0.05, 0.1) is 12.7 Å². The lowest BCUT2D eigenvalue weighted by Gasteiger charge is -2.02. The number of carbonyl (C=O) groups excluding carboxylic acids is 1. The third-order valence-corrected chi connectivity index (χ3v) is 2.38. The van der Waals surface area contributed by atoms with E-state index in [2.05, 4.69) is 16.6 Å². The summed E-state index contributed by atoms with van der Waals surface area (Å²) in [6.07, 6.45) is 0. The largest absolute Gasteiger partial charge is 0.507 e. The molecule has 2 rings (SSSR count). The van der Waals surface area contributed by atoms with Crippen molar-refractivity contribution in [3.8, 4) is 17.6 Å². The molecule has 84 valence electrons. The van der Waals surface area contributed by atoms with E-state index in [4.69, 9.17) is 0 Å². The Labute approximate surface area is 98.6 Å². The zero-order valence-corrected chi connectivity index (χ0v) is 9.23. The topological polar surface area (TPSA) is 46.5 Å². The smallest absolute Gasteiger partial charge is 0.384 e. The lowest BCUT2D eigenvalue weighted by molar-refractivity contribution is -0.133. The number of hydrogen-bond acceptors (Lipinski definition) is 3. The Morgan fingerprint density at radius 3 is 2.76 bits per heavy atom. The summed E-state index contributed by atoms with van der Waals surface area (Å²) in [4.78, 5) is 11.0. The molecule has 3 nitrogen and oxygen atoms in total.